The highest BCUT2D eigenvalue weighted by Crippen LogP contribution is 2.66. The third kappa shape index (κ3) is 3.07. The van der Waals surface area contributed by atoms with Crippen molar-refractivity contribution in [2.45, 2.75) is 74.1 Å². The van der Waals surface area contributed by atoms with Crippen LogP contribution < -0.4 is 4.74 Å². The molecule has 2 aliphatic heterocycles. The molecule has 6 nitrogen and oxygen atoms in total. The third-order valence-electron chi connectivity index (χ3n) is 9.89. The van der Waals surface area contributed by atoms with Gasteiger partial charge in [-0.15, -0.1) is 0 Å². The number of nitrogens with zero attached hydrogens (tertiary/aromatic N) is 2. The Kier molecular flexibility index (Phi) is 5.00. The van der Waals surface area contributed by atoms with E-state index in [1.165, 1.54) is 18.4 Å². The lowest BCUT2D eigenvalue weighted by atomic mass is 9.48. The maximum absolute atomic E-state index is 13.4. The van der Waals surface area contributed by atoms with E-state index in [0.717, 1.165) is 43.0 Å². The molecule has 3 fully saturated rings. The first kappa shape index (κ1) is 22.9. The largest absolute Gasteiger partial charge is 0.504 e. The number of phenols is 1. The zero-order chi connectivity index (χ0) is 24.8. The topological polar surface area (TPSA) is 73.2 Å². The lowest BCUT2D eigenvalue weighted by Crippen LogP contribution is -2.78. The van der Waals surface area contributed by atoms with Gasteiger partial charge in [0, 0.05) is 30.2 Å². The van der Waals surface area contributed by atoms with Crippen molar-refractivity contribution >= 4 is 17.5 Å². The van der Waals surface area contributed by atoms with Gasteiger partial charge < -0.3 is 19.8 Å². The zero-order valence-corrected chi connectivity index (χ0v) is 21.4. The number of hydrogen-bond acceptors (Lipinski definition) is 5. The van der Waals surface area contributed by atoms with Crippen molar-refractivity contribution in [1.29, 1.82) is 0 Å². The molecule has 7 rings (SSSR count). The van der Waals surface area contributed by atoms with Gasteiger partial charge in [0.25, 0.3) is 0 Å². The molecule has 2 aromatic rings. The first-order valence-corrected chi connectivity index (χ1v) is 13.7. The molecule has 3 aliphatic carbocycles. The first-order valence-electron chi connectivity index (χ1n) is 13.3. The smallest absolute Gasteiger partial charge is 0.227 e. The summed E-state index contributed by atoms with van der Waals surface area (Å²) in [6, 6.07) is 11.0. The van der Waals surface area contributed by atoms with Gasteiger partial charge in [-0.25, -0.2) is 0 Å². The molecule has 190 valence electrons. The van der Waals surface area contributed by atoms with Gasteiger partial charge in [-0.05, 0) is 80.3 Å². The summed E-state index contributed by atoms with van der Waals surface area (Å²) in [5.74, 6) is 1.43. The quantitative estimate of drug-likeness (QED) is 0.644. The van der Waals surface area contributed by atoms with E-state index in [1.54, 1.807) is 6.07 Å². The maximum Gasteiger partial charge on any atom is 0.227 e. The Hall–Kier alpha value is -2.28. The van der Waals surface area contributed by atoms with Crippen molar-refractivity contribution in [3.8, 4) is 11.5 Å². The van der Waals surface area contributed by atoms with Gasteiger partial charge in [0.05, 0.1) is 23.5 Å². The van der Waals surface area contributed by atoms with Crippen LogP contribution in [0.4, 0.5) is 0 Å². The van der Waals surface area contributed by atoms with Gasteiger partial charge in [-0.2, -0.15) is 0 Å². The van der Waals surface area contributed by atoms with Crippen LogP contribution in [0.1, 0.15) is 48.8 Å². The molecule has 5 atom stereocenters. The Balaban J connectivity index is 1.26. The Morgan fingerprint density at radius 3 is 2.69 bits per heavy atom. The van der Waals surface area contributed by atoms with Crippen molar-refractivity contribution in [1.82, 2.24) is 9.80 Å². The van der Waals surface area contributed by atoms with E-state index >= 15 is 0 Å². The summed E-state index contributed by atoms with van der Waals surface area (Å²) >= 11 is 6.03. The highest BCUT2D eigenvalue weighted by molar-refractivity contribution is 6.30. The van der Waals surface area contributed by atoms with E-state index in [9.17, 15) is 15.0 Å². The molecule has 0 aromatic heterocycles. The average Bonchev–Trinajstić information content (AvgIpc) is 3.60. The van der Waals surface area contributed by atoms with E-state index in [-0.39, 0.29) is 36.3 Å². The van der Waals surface area contributed by atoms with E-state index in [1.807, 2.05) is 42.3 Å². The number of likely N-dealkylation sites (tertiary alicyclic amines) is 1. The number of hydrogen-bond donors (Lipinski definition) is 2. The normalized spacial score (nSPS) is 34.1. The fourth-order valence-electron chi connectivity index (χ4n) is 7.94. The minimum absolute atomic E-state index is 0.0201. The van der Waals surface area contributed by atoms with Gasteiger partial charge >= 0.3 is 0 Å². The fraction of sp³-hybridized carbons (Fsp3) is 0.552. The average molecular weight is 509 g/mol. The van der Waals surface area contributed by atoms with Crippen LogP contribution in [0.2, 0.25) is 5.02 Å². The second-order valence-electron chi connectivity index (χ2n) is 11.7. The summed E-state index contributed by atoms with van der Waals surface area (Å²) in [6.07, 6.45) is 5.32. The highest BCUT2D eigenvalue weighted by atomic mass is 35.5. The minimum Gasteiger partial charge on any atom is -0.504 e. The van der Waals surface area contributed by atoms with Crippen LogP contribution in [-0.4, -0.2) is 69.8 Å². The monoisotopic (exact) mass is 508 g/mol. The standard InChI is InChI=1S/C29H33ClN2O4/c1-31(24(34)14-17-4-7-20(30)8-5-17)21-10-11-29(35)23-15-19-6-9-22(33)26-25(19)28(29,27(21)36-26)12-13-32(23)16-18-2-3-18/h4-9,18,21,23,27,33,35H,2-3,10-16H2,1H3/t21-,23+,27-,28-,29+/m0/s1. The number of carbonyl (C=O) groups is 1. The molecule has 2 bridgehead atoms. The predicted octanol–water partition coefficient (Wildman–Crippen LogP) is 3.68. The van der Waals surface area contributed by atoms with Gasteiger partial charge in [-0.3, -0.25) is 9.69 Å². The lowest BCUT2D eigenvalue weighted by Gasteiger charge is -2.64. The molecule has 1 saturated heterocycles. The zero-order valence-electron chi connectivity index (χ0n) is 20.6. The van der Waals surface area contributed by atoms with E-state index in [4.69, 9.17) is 16.3 Å². The Morgan fingerprint density at radius 2 is 1.94 bits per heavy atom. The second-order valence-corrected chi connectivity index (χ2v) is 12.1. The number of carbonyl (C=O) groups excluding carboxylic acids is 1. The van der Waals surface area contributed by atoms with Crippen molar-refractivity contribution < 1.29 is 19.7 Å². The number of likely N-dealkylation sites (N-methyl/N-ethyl adjacent to an activating group) is 1. The van der Waals surface area contributed by atoms with E-state index in [0.29, 0.717) is 23.6 Å². The maximum atomic E-state index is 13.4. The van der Waals surface area contributed by atoms with Crippen molar-refractivity contribution in [3.05, 3.63) is 58.1 Å². The Labute approximate surface area is 216 Å². The number of amides is 1. The van der Waals surface area contributed by atoms with Gasteiger partial charge in [0.15, 0.2) is 11.5 Å². The Bertz CT molecular complexity index is 1230. The van der Waals surface area contributed by atoms with Crippen LogP contribution in [0, 0.1) is 5.92 Å². The number of piperidine rings is 1. The van der Waals surface area contributed by atoms with Crippen LogP contribution in [0.5, 0.6) is 11.5 Å². The lowest BCUT2D eigenvalue weighted by molar-refractivity contribution is -0.200. The number of rotatable bonds is 5. The number of phenolic OH excluding ortho intramolecular Hbond substituents is 1. The predicted molar refractivity (Wildman–Crippen MR) is 137 cm³/mol. The number of halogens is 1. The van der Waals surface area contributed by atoms with E-state index in [2.05, 4.69) is 4.90 Å². The van der Waals surface area contributed by atoms with Gasteiger partial charge in [0.2, 0.25) is 5.91 Å². The molecule has 0 radical (unpaired) electrons. The first-order chi connectivity index (χ1) is 17.3. The van der Waals surface area contributed by atoms with Crippen molar-refractivity contribution in [2.75, 3.05) is 20.1 Å². The Morgan fingerprint density at radius 1 is 1.17 bits per heavy atom. The van der Waals surface area contributed by atoms with Crippen molar-refractivity contribution in [2.24, 2.45) is 5.92 Å². The summed E-state index contributed by atoms with van der Waals surface area (Å²) < 4.78 is 6.61. The molecular weight excluding hydrogens is 476 g/mol. The molecule has 2 aromatic carbocycles. The summed E-state index contributed by atoms with van der Waals surface area (Å²) in [5, 5.41) is 24.1. The van der Waals surface area contributed by atoms with E-state index < -0.39 is 11.0 Å². The molecule has 7 heteroatoms. The molecule has 1 amide bonds. The summed E-state index contributed by atoms with van der Waals surface area (Å²) in [6.45, 7) is 1.96. The molecule has 36 heavy (non-hydrogen) atoms. The van der Waals surface area contributed by atoms with Crippen LogP contribution in [0.15, 0.2) is 36.4 Å². The number of aliphatic hydroxyl groups is 1. The van der Waals surface area contributed by atoms with Crippen LogP contribution in [0.25, 0.3) is 0 Å². The van der Waals surface area contributed by atoms with Crippen LogP contribution in [0.3, 0.4) is 0 Å². The van der Waals surface area contributed by atoms with Crippen molar-refractivity contribution in [3.63, 3.8) is 0 Å². The fourth-order valence-corrected chi connectivity index (χ4v) is 8.06. The molecule has 0 unspecified atom stereocenters. The molecular formula is C29H33ClN2O4. The number of ether oxygens (including phenoxy) is 1. The highest BCUT2D eigenvalue weighted by Gasteiger charge is 2.73. The van der Waals surface area contributed by atoms with Crippen LogP contribution in [-0.2, 0) is 23.1 Å². The SMILES string of the molecule is CN(C(=O)Cc1ccc(Cl)cc1)[C@H]1CC[C@@]2(O)[C@H]3Cc4ccc(O)c5c4[C@@]2(CCN3CC2CC2)[C@H]1O5. The van der Waals surface area contributed by atoms with Crippen LogP contribution >= 0.6 is 11.6 Å². The molecule has 2 heterocycles. The number of aromatic hydroxyl groups is 1. The van der Waals surface area contributed by atoms with Gasteiger partial charge in [0.1, 0.15) is 6.10 Å². The third-order valence-corrected chi connectivity index (χ3v) is 10.1. The minimum atomic E-state index is -0.937. The molecule has 1 spiro atoms. The molecule has 5 aliphatic rings. The summed E-state index contributed by atoms with van der Waals surface area (Å²) in [4.78, 5) is 17.8. The summed E-state index contributed by atoms with van der Waals surface area (Å²) in [5.41, 5.74) is 1.55. The summed E-state index contributed by atoms with van der Waals surface area (Å²) in [7, 11) is 1.86. The molecule has 2 N–H and O–H groups in total. The number of benzene rings is 2. The second kappa shape index (κ2) is 7.86. The van der Waals surface area contributed by atoms with Gasteiger partial charge in [-0.1, -0.05) is 29.8 Å². The molecule has 2 saturated carbocycles.